The predicted octanol–water partition coefficient (Wildman–Crippen LogP) is 2.36. The van der Waals surface area contributed by atoms with Crippen molar-refractivity contribution in [2.75, 3.05) is 65.5 Å². The summed E-state index contributed by atoms with van der Waals surface area (Å²) in [6.07, 6.45) is -0.589. The summed E-state index contributed by atoms with van der Waals surface area (Å²) in [6, 6.07) is 7.63. The van der Waals surface area contributed by atoms with Crippen molar-refractivity contribution in [2.24, 2.45) is 0 Å². The average molecular weight is 499 g/mol. The first-order chi connectivity index (χ1) is 17.4. The Labute approximate surface area is 213 Å². The summed E-state index contributed by atoms with van der Waals surface area (Å²) in [6.45, 7) is 9.39. The van der Waals surface area contributed by atoms with Crippen LogP contribution >= 0.6 is 0 Å². The van der Waals surface area contributed by atoms with Gasteiger partial charge in [-0.25, -0.2) is 9.97 Å². The maximum atomic E-state index is 9.96. The fourth-order valence-corrected chi connectivity index (χ4v) is 3.99. The Morgan fingerprint density at radius 1 is 1.11 bits per heavy atom. The van der Waals surface area contributed by atoms with Gasteiger partial charge in [-0.2, -0.15) is 0 Å². The Balaban J connectivity index is 0.00000115. The molecule has 1 atom stereocenters. The molecule has 1 aliphatic rings. The van der Waals surface area contributed by atoms with Gasteiger partial charge in [-0.15, -0.1) is 0 Å². The highest BCUT2D eigenvalue weighted by Gasteiger charge is 2.24. The van der Waals surface area contributed by atoms with E-state index in [0.717, 1.165) is 52.7 Å². The molecule has 0 aliphatic carbocycles. The molecule has 0 saturated carbocycles. The summed E-state index contributed by atoms with van der Waals surface area (Å²) in [5, 5.41) is 19.8. The number of likely N-dealkylation sites (N-methyl/N-ethyl adjacent to an activating group) is 1. The quantitative estimate of drug-likeness (QED) is 0.427. The summed E-state index contributed by atoms with van der Waals surface area (Å²) < 4.78 is 16.8. The summed E-state index contributed by atoms with van der Waals surface area (Å²) in [5.74, 6) is 2.86. The van der Waals surface area contributed by atoms with Gasteiger partial charge in [-0.05, 0) is 54.0 Å². The number of rotatable bonds is 8. The molecule has 3 heterocycles. The molecule has 1 aliphatic heterocycles. The van der Waals surface area contributed by atoms with Gasteiger partial charge in [0.15, 0.2) is 5.82 Å². The number of aliphatic hydroxyl groups excluding tert-OH is 1. The van der Waals surface area contributed by atoms with Crippen molar-refractivity contribution in [3.63, 3.8) is 0 Å². The van der Waals surface area contributed by atoms with Crippen LogP contribution in [0.15, 0.2) is 28.8 Å². The maximum Gasteiger partial charge on any atom is 0.162 e. The predicted molar refractivity (Wildman–Crippen MR) is 141 cm³/mol. The van der Waals surface area contributed by atoms with E-state index in [1.807, 2.05) is 59.1 Å². The second-order valence-corrected chi connectivity index (χ2v) is 8.69. The number of aromatic nitrogens is 3. The average Bonchev–Trinajstić information content (AvgIpc) is 3.22. The first-order valence-electron chi connectivity index (χ1n) is 12.2. The molecule has 4 rings (SSSR count). The lowest BCUT2D eigenvalue weighted by atomic mass is 10.0. The van der Waals surface area contributed by atoms with Crippen molar-refractivity contribution >= 4 is 5.82 Å². The summed E-state index contributed by atoms with van der Waals surface area (Å²) in [5.41, 5.74) is 4.32. The molecule has 10 heteroatoms. The van der Waals surface area contributed by atoms with Crippen molar-refractivity contribution in [3.05, 3.63) is 41.3 Å². The highest BCUT2D eigenvalue weighted by Crippen LogP contribution is 2.35. The molecule has 0 bridgehead atoms. The minimum Gasteiger partial charge on any atom is -0.491 e. The number of aryl methyl sites for hydroxylation is 2. The largest absolute Gasteiger partial charge is 0.491 e. The van der Waals surface area contributed by atoms with E-state index in [1.54, 1.807) is 7.05 Å². The van der Waals surface area contributed by atoms with Gasteiger partial charge in [0.25, 0.3) is 0 Å². The number of morpholine rings is 1. The number of ether oxygens (including phenoxy) is 2. The molecule has 3 N–H and O–H groups in total. The van der Waals surface area contributed by atoms with Crippen LogP contribution in [0.25, 0.3) is 22.6 Å². The number of anilines is 1. The third-order valence-corrected chi connectivity index (χ3v) is 5.68. The van der Waals surface area contributed by atoms with E-state index in [4.69, 9.17) is 24.0 Å². The second-order valence-electron chi connectivity index (χ2n) is 8.69. The number of benzene rings is 1. The van der Waals surface area contributed by atoms with Crippen LogP contribution in [0.4, 0.5) is 5.82 Å². The van der Waals surface area contributed by atoms with E-state index in [0.29, 0.717) is 31.3 Å². The van der Waals surface area contributed by atoms with E-state index in [2.05, 4.69) is 20.7 Å². The van der Waals surface area contributed by atoms with E-state index < -0.39 is 6.10 Å². The lowest BCUT2D eigenvalue weighted by Crippen LogP contribution is -2.37. The van der Waals surface area contributed by atoms with Crippen molar-refractivity contribution in [3.8, 4) is 28.4 Å². The van der Waals surface area contributed by atoms with Gasteiger partial charge in [0.05, 0.1) is 30.2 Å². The standard InChI is InChI=1S/C24H31N5O4.C2H7N/c1-15-22(21-16(2)28-33-17(21)3)26-23(27-24(15)29-8-10-31-11-9-29)18-6-5-7-20(12-18)32-14-19(30)13-25-4;1-3-2/h5-7,12,19,25,30H,8-11,13-14H2,1-4H3;3H,1-2H3. The lowest BCUT2D eigenvalue weighted by molar-refractivity contribution is 0.108. The van der Waals surface area contributed by atoms with Crippen molar-refractivity contribution in [1.29, 1.82) is 0 Å². The number of nitrogens with one attached hydrogen (secondary N) is 2. The Morgan fingerprint density at radius 2 is 1.83 bits per heavy atom. The maximum absolute atomic E-state index is 9.96. The molecule has 0 spiro atoms. The zero-order valence-corrected chi connectivity index (χ0v) is 22.1. The van der Waals surface area contributed by atoms with Crippen LogP contribution in [0, 0.1) is 20.8 Å². The van der Waals surface area contributed by atoms with Crippen molar-refractivity contribution in [2.45, 2.75) is 26.9 Å². The van der Waals surface area contributed by atoms with Crippen LogP contribution in [0.1, 0.15) is 17.0 Å². The lowest BCUT2D eigenvalue weighted by Gasteiger charge is -2.30. The number of hydrogen-bond acceptors (Lipinski definition) is 10. The van der Waals surface area contributed by atoms with Gasteiger partial charge in [-0.3, -0.25) is 0 Å². The van der Waals surface area contributed by atoms with E-state index in [-0.39, 0.29) is 6.61 Å². The molecule has 3 aromatic rings. The topological polar surface area (TPSA) is 118 Å². The summed E-state index contributed by atoms with van der Waals surface area (Å²) in [4.78, 5) is 12.1. The first-order valence-corrected chi connectivity index (χ1v) is 12.2. The van der Waals surface area contributed by atoms with Gasteiger partial charge in [-0.1, -0.05) is 17.3 Å². The molecule has 2 aromatic heterocycles. The Kier molecular flexibility index (Phi) is 10.2. The third-order valence-electron chi connectivity index (χ3n) is 5.68. The Hall–Kier alpha value is -3.05. The summed E-state index contributed by atoms with van der Waals surface area (Å²) >= 11 is 0. The molecule has 36 heavy (non-hydrogen) atoms. The first kappa shape index (κ1) is 27.5. The van der Waals surface area contributed by atoms with Crippen LogP contribution in [0.5, 0.6) is 5.75 Å². The molecule has 0 amide bonds. The van der Waals surface area contributed by atoms with Gasteiger partial charge >= 0.3 is 0 Å². The Bertz CT molecular complexity index is 1090. The molecule has 1 saturated heterocycles. The molecule has 0 radical (unpaired) electrons. The zero-order chi connectivity index (χ0) is 26.1. The van der Waals surface area contributed by atoms with E-state index in [9.17, 15) is 5.11 Å². The molecule has 1 aromatic carbocycles. The molecule has 1 unspecified atom stereocenters. The van der Waals surface area contributed by atoms with E-state index >= 15 is 0 Å². The van der Waals surface area contributed by atoms with Gasteiger partial charge in [0, 0.05) is 30.8 Å². The van der Waals surface area contributed by atoms with E-state index in [1.165, 1.54) is 0 Å². The normalized spacial score (nSPS) is 14.2. The van der Waals surface area contributed by atoms with Crippen LogP contribution < -0.4 is 20.3 Å². The molecule has 10 nitrogen and oxygen atoms in total. The number of nitrogens with zero attached hydrogens (tertiary/aromatic N) is 4. The second kappa shape index (κ2) is 13.3. The minimum absolute atomic E-state index is 0.197. The number of aliphatic hydroxyl groups is 1. The van der Waals surface area contributed by atoms with Crippen LogP contribution in [-0.4, -0.2) is 86.9 Å². The fourth-order valence-electron chi connectivity index (χ4n) is 3.99. The monoisotopic (exact) mass is 498 g/mol. The van der Waals surface area contributed by atoms with Crippen LogP contribution in [0.2, 0.25) is 0 Å². The SMILES string of the molecule is CNC.CNCC(O)COc1cccc(-c2nc(-c3c(C)noc3C)c(C)c(N3CCOCC3)n2)c1. The third kappa shape index (κ3) is 6.79. The fraction of sp³-hybridized carbons (Fsp3) is 0.500. The molecular formula is C26H38N6O4. The van der Waals surface area contributed by atoms with Crippen LogP contribution in [0.3, 0.4) is 0 Å². The Morgan fingerprint density at radius 3 is 2.47 bits per heavy atom. The highest BCUT2D eigenvalue weighted by atomic mass is 16.5. The smallest absolute Gasteiger partial charge is 0.162 e. The molecular weight excluding hydrogens is 460 g/mol. The van der Waals surface area contributed by atoms with Crippen LogP contribution in [-0.2, 0) is 4.74 Å². The zero-order valence-electron chi connectivity index (χ0n) is 22.1. The minimum atomic E-state index is -0.589. The van der Waals surface area contributed by atoms with Gasteiger partial charge in [0.1, 0.15) is 30.0 Å². The van der Waals surface area contributed by atoms with Crippen molar-refractivity contribution in [1.82, 2.24) is 25.8 Å². The van der Waals surface area contributed by atoms with Crippen molar-refractivity contribution < 1.29 is 19.1 Å². The highest BCUT2D eigenvalue weighted by molar-refractivity contribution is 5.75. The van der Waals surface area contributed by atoms with Gasteiger partial charge in [0.2, 0.25) is 0 Å². The van der Waals surface area contributed by atoms with Gasteiger partial charge < -0.3 is 34.6 Å². The summed E-state index contributed by atoms with van der Waals surface area (Å²) in [7, 11) is 5.54. The molecule has 1 fully saturated rings. The molecule has 196 valence electrons. The number of hydrogen-bond donors (Lipinski definition) is 3.